The lowest BCUT2D eigenvalue weighted by Gasteiger charge is -2.27. The van der Waals surface area contributed by atoms with Crippen molar-refractivity contribution in [2.75, 3.05) is 20.6 Å². The van der Waals surface area contributed by atoms with Gasteiger partial charge in [0.15, 0.2) is 5.96 Å². The van der Waals surface area contributed by atoms with Gasteiger partial charge in [-0.2, -0.15) is 0 Å². The number of nitrogens with two attached hydrogens (primary N) is 1. The average Bonchev–Trinajstić information content (AvgIpc) is 2.77. The second-order valence-corrected chi connectivity index (χ2v) is 4.90. The highest BCUT2D eigenvalue weighted by atomic mass is 15.2. The maximum atomic E-state index is 5.77. The zero-order chi connectivity index (χ0) is 10.1. The van der Waals surface area contributed by atoms with Gasteiger partial charge in [0, 0.05) is 20.6 Å². The molecule has 0 aromatic carbocycles. The molecule has 0 radical (unpaired) electrons. The van der Waals surface area contributed by atoms with Gasteiger partial charge in [-0.1, -0.05) is 6.42 Å². The molecule has 2 aliphatic rings. The number of rotatable bonds is 2. The molecule has 3 nitrogen and oxygen atoms in total. The van der Waals surface area contributed by atoms with Gasteiger partial charge in [-0.05, 0) is 37.0 Å². The van der Waals surface area contributed by atoms with Crippen LogP contribution in [-0.4, -0.2) is 31.5 Å². The Labute approximate surface area is 86.4 Å². The second kappa shape index (κ2) is 3.79. The summed E-state index contributed by atoms with van der Waals surface area (Å²) in [5.41, 5.74) is 5.77. The van der Waals surface area contributed by atoms with Crippen LogP contribution in [0.1, 0.15) is 25.7 Å². The summed E-state index contributed by atoms with van der Waals surface area (Å²) in [5, 5.41) is 0. The van der Waals surface area contributed by atoms with Crippen molar-refractivity contribution in [1.82, 2.24) is 4.90 Å². The van der Waals surface area contributed by atoms with Gasteiger partial charge in [-0.25, -0.2) is 0 Å². The van der Waals surface area contributed by atoms with E-state index in [1.165, 1.54) is 25.7 Å². The van der Waals surface area contributed by atoms with Crippen molar-refractivity contribution >= 4 is 5.96 Å². The average molecular weight is 195 g/mol. The van der Waals surface area contributed by atoms with Crippen LogP contribution in [0, 0.1) is 17.8 Å². The van der Waals surface area contributed by atoms with Crippen LogP contribution in [0.25, 0.3) is 0 Å². The highest BCUT2D eigenvalue weighted by molar-refractivity contribution is 5.77. The monoisotopic (exact) mass is 195 g/mol. The van der Waals surface area contributed by atoms with Gasteiger partial charge in [0.05, 0.1) is 0 Å². The topological polar surface area (TPSA) is 41.6 Å². The predicted octanol–water partition coefficient (Wildman–Crippen LogP) is 1.30. The third-order valence-corrected chi connectivity index (χ3v) is 4.01. The Hall–Kier alpha value is -0.730. The van der Waals surface area contributed by atoms with E-state index in [1.54, 1.807) is 7.05 Å². The number of nitrogens with zero attached hydrogens (tertiary/aromatic N) is 2. The zero-order valence-corrected chi connectivity index (χ0v) is 9.24. The van der Waals surface area contributed by atoms with E-state index >= 15 is 0 Å². The third-order valence-electron chi connectivity index (χ3n) is 4.01. The summed E-state index contributed by atoms with van der Waals surface area (Å²) in [6.07, 6.45) is 5.82. The van der Waals surface area contributed by atoms with E-state index in [4.69, 9.17) is 5.73 Å². The summed E-state index contributed by atoms with van der Waals surface area (Å²) in [4.78, 5) is 6.12. The molecule has 3 heteroatoms. The first-order valence-corrected chi connectivity index (χ1v) is 5.64. The van der Waals surface area contributed by atoms with Crippen molar-refractivity contribution in [2.24, 2.45) is 28.5 Å². The van der Waals surface area contributed by atoms with Crippen LogP contribution in [0.2, 0.25) is 0 Å². The van der Waals surface area contributed by atoms with Crippen LogP contribution >= 0.6 is 0 Å². The lowest BCUT2D eigenvalue weighted by molar-refractivity contribution is 0.275. The molecule has 0 amide bonds. The van der Waals surface area contributed by atoms with Gasteiger partial charge in [-0.15, -0.1) is 0 Å². The summed E-state index contributed by atoms with van der Waals surface area (Å²) < 4.78 is 0. The lowest BCUT2D eigenvalue weighted by Crippen LogP contribution is -2.38. The van der Waals surface area contributed by atoms with E-state index in [2.05, 4.69) is 9.89 Å². The van der Waals surface area contributed by atoms with Gasteiger partial charge in [0.25, 0.3) is 0 Å². The van der Waals surface area contributed by atoms with Crippen LogP contribution in [0.5, 0.6) is 0 Å². The highest BCUT2D eigenvalue weighted by Crippen LogP contribution is 2.48. The van der Waals surface area contributed by atoms with Crippen LogP contribution in [-0.2, 0) is 0 Å². The molecule has 3 atom stereocenters. The lowest BCUT2D eigenvalue weighted by atomic mass is 9.88. The molecular formula is C11H21N3. The van der Waals surface area contributed by atoms with Crippen molar-refractivity contribution in [3.05, 3.63) is 0 Å². The molecule has 0 aromatic heterocycles. The SMILES string of the molecule is CN=C(N)N(C)CC1CC2CCC1C2. The maximum absolute atomic E-state index is 5.77. The van der Waals surface area contributed by atoms with Gasteiger partial charge in [0.1, 0.15) is 0 Å². The van der Waals surface area contributed by atoms with Crippen molar-refractivity contribution in [3.63, 3.8) is 0 Å². The number of hydrogen-bond donors (Lipinski definition) is 1. The quantitative estimate of drug-likeness (QED) is 0.533. The van der Waals surface area contributed by atoms with E-state index in [-0.39, 0.29) is 0 Å². The minimum Gasteiger partial charge on any atom is -0.370 e. The molecular weight excluding hydrogens is 174 g/mol. The summed E-state index contributed by atoms with van der Waals surface area (Å²) in [5.74, 6) is 3.55. The number of hydrogen-bond acceptors (Lipinski definition) is 1. The molecule has 2 N–H and O–H groups in total. The van der Waals surface area contributed by atoms with Crippen molar-refractivity contribution < 1.29 is 0 Å². The molecule has 2 bridgehead atoms. The highest BCUT2D eigenvalue weighted by Gasteiger charge is 2.39. The second-order valence-electron chi connectivity index (χ2n) is 4.90. The first-order valence-electron chi connectivity index (χ1n) is 5.64. The Morgan fingerprint density at radius 2 is 2.21 bits per heavy atom. The molecule has 14 heavy (non-hydrogen) atoms. The normalized spacial score (nSPS) is 36.4. The fourth-order valence-corrected chi connectivity index (χ4v) is 3.22. The Kier molecular flexibility index (Phi) is 2.66. The molecule has 2 aliphatic carbocycles. The van der Waals surface area contributed by atoms with E-state index in [0.29, 0.717) is 5.96 Å². The maximum Gasteiger partial charge on any atom is 0.190 e. The molecule has 0 saturated heterocycles. The van der Waals surface area contributed by atoms with Crippen molar-refractivity contribution in [3.8, 4) is 0 Å². The number of aliphatic imine (C=N–C) groups is 1. The fourth-order valence-electron chi connectivity index (χ4n) is 3.22. The van der Waals surface area contributed by atoms with Crippen molar-refractivity contribution in [2.45, 2.75) is 25.7 Å². The Balaban J connectivity index is 1.86. The van der Waals surface area contributed by atoms with E-state index in [9.17, 15) is 0 Å². The van der Waals surface area contributed by atoms with Crippen LogP contribution in [0.4, 0.5) is 0 Å². The van der Waals surface area contributed by atoms with Gasteiger partial charge in [0.2, 0.25) is 0 Å². The minimum atomic E-state index is 0.674. The molecule has 2 rings (SSSR count). The summed E-state index contributed by atoms with van der Waals surface area (Å²) in [7, 11) is 3.81. The zero-order valence-electron chi connectivity index (χ0n) is 9.24. The molecule has 0 aromatic rings. The Morgan fingerprint density at radius 1 is 1.43 bits per heavy atom. The summed E-state index contributed by atoms with van der Waals surface area (Å²) >= 11 is 0. The molecule has 0 spiro atoms. The molecule has 3 unspecified atom stereocenters. The smallest absolute Gasteiger partial charge is 0.190 e. The summed E-state index contributed by atoms with van der Waals surface area (Å²) in [6, 6.07) is 0. The number of guanidine groups is 1. The first kappa shape index (κ1) is 9.81. The molecule has 2 saturated carbocycles. The van der Waals surface area contributed by atoms with Gasteiger partial charge in [-0.3, -0.25) is 4.99 Å². The van der Waals surface area contributed by atoms with Gasteiger partial charge < -0.3 is 10.6 Å². The largest absolute Gasteiger partial charge is 0.370 e. The predicted molar refractivity (Wildman–Crippen MR) is 59.1 cm³/mol. The molecule has 0 aliphatic heterocycles. The van der Waals surface area contributed by atoms with Crippen LogP contribution in [0.3, 0.4) is 0 Å². The van der Waals surface area contributed by atoms with Crippen LogP contribution in [0.15, 0.2) is 4.99 Å². The summed E-state index contributed by atoms with van der Waals surface area (Å²) in [6.45, 7) is 1.10. The number of fused-ring (bicyclic) bond motifs is 2. The van der Waals surface area contributed by atoms with E-state index in [0.717, 1.165) is 24.3 Å². The molecule has 80 valence electrons. The third kappa shape index (κ3) is 1.72. The van der Waals surface area contributed by atoms with Crippen LogP contribution < -0.4 is 5.73 Å². The van der Waals surface area contributed by atoms with Crippen molar-refractivity contribution in [1.29, 1.82) is 0 Å². The Morgan fingerprint density at radius 3 is 2.71 bits per heavy atom. The Bertz CT molecular complexity index is 237. The minimum absolute atomic E-state index is 0.674. The molecule has 0 heterocycles. The molecule has 2 fully saturated rings. The standard InChI is InChI=1S/C11H21N3/c1-13-11(12)14(2)7-10-6-8-3-4-9(10)5-8/h8-10H,3-7H2,1-2H3,(H2,12,13). The first-order chi connectivity index (χ1) is 6.70. The van der Waals surface area contributed by atoms with Gasteiger partial charge >= 0.3 is 0 Å². The fraction of sp³-hybridized carbons (Fsp3) is 0.909. The van der Waals surface area contributed by atoms with E-state index < -0.39 is 0 Å². The van der Waals surface area contributed by atoms with E-state index in [1.807, 2.05) is 7.05 Å².